The normalized spacial score (nSPS) is 34.6. The number of rotatable bonds is 4. The predicted molar refractivity (Wildman–Crippen MR) is 105 cm³/mol. The minimum Gasteiger partial charge on any atom is -0.461 e. The van der Waals surface area contributed by atoms with E-state index in [0.29, 0.717) is 18.4 Å². The summed E-state index contributed by atoms with van der Waals surface area (Å²) in [6, 6.07) is 0. The van der Waals surface area contributed by atoms with E-state index in [0.717, 1.165) is 5.57 Å². The summed E-state index contributed by atoms with van der Waals surface area (Å²) in [5.41, 5.74) is -0.959. The fourth-order valence-corrected chi connectivity index (χ4v) is 4.05. The Balaban J connectivity index is 2.12. The molecule has 0 radical (unpaired) electrons. The van der Waals surface area contributed by atoms with E-state index >= 15 is 0 Å². The first-order chi connectivity index (χ1) is 13.9. The number of esters is 3. The van der Waals surface area contributed by atoms with Crippen LogP contribution < -0.4 is 0 Å². The highest BCUT2D eigenvalue weighted by atomic mass is 16.6. The molecule has 0 spiro atoms. The molecule has 8 nitrogen and oxygen atoms in total. The van der Waals surface area contributed by atoms with Crippen molar-refractivity contribution in [1.29, 1.82) is 0 Å². The number of hydrogen-bond donors (Lipinski definition) is 1. The van der Waals surface area contributed by atoms with Crippen molar-refractivity contribution in [2.24, 2.45) is 0 Å². The van der Waals surface area contributed by atoms with Crippen LogP contribution in [-0.4, -0.2) is 53.0 Å². The molecule has 8 heteroatoms. The van der Waals surface area contributed by atoms with Gasteiger partial charge in [0.05, 0.1) is 22.9 Å². The largest absolute Gasteiger partial charge is 0.461 e. The zero-order valence-corrected chi connectivity index (χ0v) is 17.9. The lowest BCUT2D eigenvalue weighted by atomic mass is 9.84. The maximum absolute atomic E-state index is 12.6. The van der Waals surface area contributed by atoms with Crippen LogP contribution in [-0.2, 0) is 33.3 Å². The van der Waals surface area contributed by atoms with Crippen LogP contribution in [0.3, 0.4) is 0 Å². The van der Waals surface area contributed by atoms with Crippen LogP contribution in [0.2, 0.25) is 0 Å². The molecule has 0 aromatic heterocycles. The third kappa shape index (κ3) is 4.65. The molecule has 3 rings (SSSR count). The lowest BCUT2D eigenvalue weighted by Crippen LogP contribution is -2.44. The summed E-state index contributed by atoms with van der Waals surface area (Å²) < 4.78 is 22.3. The Kier molecular flexibility index (Phi) is 5.93. The van der Waals surface area contributed by atoms with E-state index < -0.39 is 41.3 Å². The summed E-state index contributed by atoms with van der Waals surface area (Å²) >= 11 is 0. The summed E-state index contributed by atoms with van der Waals surface area (Å²) in [6.07, 6.45) is 2.78. The van der Waals surface area contributed by atoms with Crippen molar-refractivity contribution in [2.75, 3.05) is 6.61 Å². The summed E-state index contributed by atoms with van der Waals surface area (Å²) in [6.45, 7) is 7.90. The topological polar surface area (TPSA) is 108 Å². The molecule has 3 aliphatic heterocycles. The maximum Gasteiger partial charge on any atom is 0.343 e. The molecular formula is C22H28O8. The van der Waals surface area contributed by atoms with E-state index in [4.69, 9.17) is 18.9 Å². The highest BCUT2D eigenvalue weighted by molar-refractivity contribution is 5.95. The zero-order chi connectivity index (χ0) is 22.3. The van der Waals surface area contributed by atoms with E-state index in [1.54, 1.807) is 26.8 Å². The molecule has 3 aliphatic rings. The van der Waals surface area contributed by atoms with E-state index in [2.05, 4.69) is 0 Å². The van der Waals surface area contributed by atoms with E-state index in [-0.39, 0.29) is 24.4 Å². The van der Waals surface area contributed by atoms with Gasteiger partial charge in [-0.1, -0.05) is 5.57 Å². The standard InChI is InChI=1S/C22H28O8/c1-12(2)8-18(24)28-16-10-22(5,26)17-6-7-21(4,30-17)9-15-19(16)14(20(25)29-15)11-27-13(3)23/h8-9,16-17,26H,6-7,10-11H2,1-5H3/b15-9+/t16-,17-,21+,22+/m1/s1. The minimum absolute atomic E-state index is 0.0109. The smallest absolute Gasteiger partial charge is 0.343 e. The van der Waals surface area contributed by atoms with Gasteiger partial charge in [0.2, 0.25) is 0 Å². The Morgan fingerprint density at radius 2 is 2.00 bits per heavy atom. The number of fused-ring (bicyclic) bond motifs is 3. The minimum atomic E-state index is -1.33. The molecule has 1 fully saturated rings. The molecular weight excluding hydrogens is 392 g/mol. The second kappa shape index (κ2) is 8.00. The Labute approximate surface area is 175 Å². The SMILES string of the molecule is CC(=O)OCC1=C2/C(=C\[C@]3(C)CC[C@@H](O3)[C@@](C)(O)C[C@H]2OC(=O)C=C(C)C)OC1=O. The van der Waals surface area contributed by atoms with Crippen molar-refractivity contribution in [3.63, 3.8) is 0 Å². The molecule has 1 saturated heterocycles. The van der Waals surface area contributed by atoms with Crippen molar-refractivity contribution in [2.45, 2.75) is 77.3 Å². The molecule has 30 heavy (non-hydrogen) atoms. The first-order valence-corrected chi connectivity index (χ1v) is 9.98. The average molecular weight is 420 g/mol. The van der Waals surface area contributed by atoms with Gasteiger partial charge in [-0.2, -0.15) is 0 Å². The van der Waals surface area contributed by atoms with Gasteiger partial charge in [-0.05, 0) is 46.6 Å². The van der Waals surface area contributed by atoms with Crippen LogP contribution in [0.1, 0.15) is 53.9 Å². The number of aliphatic hydroxyl groups is 1. The van der Waals surface area contributed by atoms with Gasteiger partial charge in [-0.15, -0.1) is 0 Å². The third-order valence-corrected chi connectivity index (χ3v) is 5.49. The molecule has 0 aromatic rings. The Morgan fingerprint density at radius 3 is 2.63 bits per heavy atom. The molecule has 2 bridgehead atoms. The van der Waals surface area contributed by atoms with Crippen LogP contribution in [0.4, 0.5) is 0 Å². The van der Waals surface area contributed by atoms with Crippen molar-refractivity contribution in [3.8, 4) is 0 Å². The van der Waals surface area contributed by atoms with Gasteiger partial charge in [-0.3, -0.25) is 4.79 Å². The summed E-state index contributed by atoms with van der Waals surface area (Å²) in [4.78, 5) is 36.3. The summed E-state index contributed by atoms with van der Waals surface area (Å²) in [5.74, 6) is -1.64. The molecule has 164 valence electrons. The fraction of sp³-hybridized carbons (Fsp3) is 0.591. The predicted octanol–water partition coefficient (Wildman–Crippen LogP) is 2.26. The van der Waals surface area contributed by atoms with Crippen molar-refractivity contribution in [3.05, 3.63) is 34.6 Å². The van der Waals surface area contributed by atoms with Gasteiger partial charge in [0.1, 0.15) is 18.5 Å². The Bertz CT molecular complexity index is 858. The highest BCUT2D eigenvalue weighted by Crippen LogP contribution is 2.44. The van der Waals surface area contributed by atoms with Gasteiger partial charge in [0.25, 0.3) is 0 Å². The number of hydrogen-bond acceptors (Lipinski definition) is 8. The lowest BCUT2D eigenvalue weighted by molar-refractivity contribution is -0.150. The highest BCUT2D eigenvalue weighted by Gasteiger charge is 2.50. The Hall–Kier alpha value is -2.45. The van der Waals surface area contributed by atoms with Crippen molar-refractivity contribution in [1.82, 2.24) is 0 Å². The number of ether oxygens (including phenoxy) is 4. The van der Waals surface area contributed by atoms with Crippen molar-refractivity contribution >= 4 is 17.9 Å². The monoisotopic (exact) mass is 420 g/mol. The molecule has 1 N–H and O–H groups in total. The van der Waals surface area contributed by atoms with Crippen LogP contribution in [0, 0.1) is 0 Å². The molecule has 0 aliphatic carbocycles. The second-order valence-electron chi connectivity index (χ2n) is 8.74. The first-order valence-electron chi connectivity index (χ1n) is 9.98. The molecule has 0 aromatic carbocycles. The quantitative estimate of drug-likeness (QED) is 0.419. The van der Waals surface area contributed by atoms with E-state index in [9.17, 15) is 19.5 Å². The van der Waals surface area contributed by atoms with Gasteiger partial charge in [0, 0.05) is 25.0 Å². The van der Waals surface area contributed by atoms with Gasteiger partial charge < -0.3 is 24.1 Å². The summed E-state index contributed by atoms with van der Waals surface area (Å²) in [7, 11) is 0. The summed E-state index contributed by atoms with van der Waals surface area (Å²) in [5, 5.41) is 11.2. The van der Waals surface area contributed by atoms with Gasteiger partial charge in [-0.25, -0.2) is 9.59 Å². The Morgan fingerprint density at radius 1 is 1.30 bits per heavy atom. The number of carbonyl (C=O) groups excluding carboxylic acids is 3. The number of allylic oxidation sites excluding steroid dienone is 1. The molecule has 0 amide bonds. The van der Waals surface area contributed by atoms with Gasteiger partial charge >= 0.3 is 17.9 Å². The zero-order valence-electron chi connectivity index (χ0n) is 17.9. The lowest BCUT2D eigenvalue weighted by Gasteiger charge is -2.33. The van der Waals surface area contributed by atoms with Crippen LogP contribution in [0.15, 0.2) is 34.6 Å². The van der Waals surface area contributed by atoms with E-state index in [1.807, 2.05) is 6.92 Å². The maximum atomic E-state index is 12.6. The van der Waals surface area contributed by atoms with Crippen LogP contribution in [0.5, 0.6) is 0 Å². The molecule has 4 atom stereocenters. The van der Waals surface area contributed by atoms with Gasteiger partial charge in [0.15, 0.2) is 0 Å². The second-order valence-corrected chi connectivity index (χ2v) is 8.74. The molecule has 0 saturated carbocycles. The van der Waals surface area contributed by atoms with Crippen molar-refractivity contribution < 1.29 is 38.4 Å². The third-order valence-electron chi connectivity index (χ3n) is 5.49. The first kappa shape index (κ1) is 22.2. The van der Waals surface area contributed by atoms with Crippen LogP contribution >= 0.6 is 0 Å². The fourth-order valence-electron chi connectivity index (χ4n) is 4.05. The average Bonchev–Trinajstić information content (AvgIpc) is 3.12. The molecule has 3 heterocycles. The number of carbonyl (C=O) groups is 3. The van der Waals surface area contributed by atoms with E-state index in [1.165, 1.54) is 13.0 Å². The van der Waals surface area contributed by atoms with Crippen LogP contribution in [0.25, 0.3) is 0 Å². The molecule has 0 unspecified atom stereocenters.